The first-order valence-corrected chi connectivity index (χ1v) is 5.41. The standard InChI is InChI=1S/C13H16O3/c1-11(10-14)6-5-9-16-13(15)12-7-3-2-4-8-12/h2-4,7-8,10-11H,5-6,9H2,1H3. The third-order valence-electron chi connectivity index (χ3n) is 2.28. The lowest BCUT2D eigenvalue weighted by Gasteiger charge is -2.05. The second-order valence-corrected chi connectivity index (χ2v) is 3.76. The lowest BCUT2D eigenvalue weighted by atomic mass is 10.1. The van der Waals surface area contributed by atoms with Crippen LogP contribution in [0.5, 0.6) is 0 Å². The zero-order chi connectivity index (χ0) is 11.8. The summed E-state index contributed by atoms with van der Waals surface area (Å²) in [4.78, 5) is 21.8. The van der Waals surface area contributed by atoms with E-state index in [1.165, 1.54) is 0 Å². The van der Waals surface area contributed by atoms with E-state index in [9.17, 15) is 9.59 Å². The summed E-state index contributed by atoms with van der Waals surface area (Å²) in [6.07, 6.45) is 2.39. The van der Waals surface area contributed by atoms with E-state index in [-0.39, 0.29) is 11.9 Å². The van der Waals surface area contributed by atoms with Gasteiger partial charge in [-0.15, -0.1) is 0 Å². The van der Waals surface area contributed by atoms with Crippen LogP contribution in [0.4, 0.5) is 0 Å². The van der Waals surface area contributed by atoms with E-state index in [0.29, 0.717) is 12.2 Å². The molecule has 0 spiro atoms. The van der Waals surface area contributed by atoms with Crippen molar-refractivity contribution in [3.8, 4) is 0 Å². The largest absolute Gasteiger partial charge is 0.462 e. The van der Waals surface area contributed by atoms with E-state index in [1.54, 1.807) is 24.3 Å². The van der Waals surface area contributed by atoms with E-state index in [1.807, 2.05) is 13.0 Å². The number of carbonyl (C=O) groups is 2. The van der Waals surface area contributed by atoms with E-state index < -0.39 is 0 Å². The highest BCUT2D eigenvalue weighted by molar-refractivity contribution is 5.89. The maximum absolute atomic E-state index is 11.5. The van der Waals surface area contributed by atoms with Crippen LogP contribution in [-0.4, -0.2) is 18.9 Å². The molecule has 0 N–H and O–H groups in total. The molecule has 0 aromatic heterocycles. The third-order valence-corrected chi connectivity index (χ3v) is 2.28. The van der Waals surface area contributed by atoms with Crippen molar-refractivity contribution < 1.29 is 14.3 Å². The highest BCUT2D eigenvalue weighted by Crippen LogP contribution is 2.05. The third kappa shape index (κ3) is 4.26. The summed E-state index contributed by atoms with van der Waals surface area (Å²) in [5, 5.41) is 0. The predicted octanol–water partition coefficient (Wildman–Crippen LogP) is 2.46. The summed E-state index contributed by atoms with van der Waals surface area (Å²) < 4.78 is 5.07. The van der Waals surface area contributed by atoms with Crippen LogP contribution in [0.15, 0.2) is 30.3 Å². The van der Waals surface area contributed by atoms with Gasteiger partial charge >= 0.3 is 5.97 Å². The second kappa shape index (κ2) is 6.77. The first-order valence-electron chi connectivity index (χ1n) is 5.41. The van der Waals surface area contributed by atoms with Gasteiger partial charge in [-0.1, -0.05) is 25.1 Å². The maximum Gasteiger partial charge on any atom is 0.338 e. The second-order valence-electron chi connectivity index (χ2n) is 3.76. The summed E-state index contributed by atoms with van der Waals surface area (Å²) in [6.45, 7) is 2.22. The van der Waals surface area contributed by atoms with Gasteiger partial charge in [-0.25, -0.2) is 4.79 Å². The number of aldehydes is 1. The molecule has 0 bridgehead atoms. The SMILES string of the molecule is CC(C=O)CCCOC(=O)c1ccccc1. The van der Waals surface area contributed by atoms with Gasteiger partial charge in [0.1, 0.15) is 6.29 Å². The van der Waals surface area contributed by atoms with E-state index in [0.717, 1.165) is 19.1 Å². The molecule has 0 radical (unpaired) electrons. The zero-order valence-corrected chi connectivity index (χ0v) is 9.39. The topological polar surface area (TPSA) is 43.4 Å². The number of ether oxygens (including phenoxy) is 1. The number of hydrogen-bond acceptors (Lipinski definition) is 3. The van der Waals surface area contributed by atoms with Crippen molar-refractivity contribution >= 4 is 12.3 Å². The summed E-state index contributed by atoms with van der Waals surface area (Å²) in [5.74, 6) is -0.269. The Morgan fingerprint density at radius 2 is 2.06 bits per heavy atom. The summed E-state index contributed by atoms with van der Waals surface area (Å²) in [7, 11) is 0. The molecule has 3 nitrogen and oxygen atoms in total. The molecule has 0 saturated heterocycles. The first-order chi connectivity index (χ1) is 7.74. The number of carbonyl (C=O) groups excluding carboxylic acids is 2. The van der Waals surface area contributed by atoms with Gasteiger partial charge in [-0.2, -0.15) is 0 Å². The van der Waals surface area contributed by atoms with Crippen LogP contribution in [0, 0.1) is 5.92 Å². The highest BCUT2D eigenvalue weighted by Gasteiger charge is 2.06. The van der Waals surface area contributed by atoms with Crippen LogP contribution in [0.3, 0.4) is 0 Å². The molecule has 0 aliphatic heterocycles. The minimum atomic E-state index is -0.306. The average Bonchev–Trinajstić information content (AvgIpc) is 2.35. The van der Waals surface area contributed by atoms with Gasteiger partial charge in [0.25, 0.3) is 0 Å². The Labute approximate surface area is 95.4 Å². The number of hydrogen-bond donors (Lipinski definition) is 0. The van der Waals surface area contributed by atoms with Crippen molar-refractivity contribution in [3.05, 3.63) is 35.9 Å². The van der Waals surface area contributed by atoms with E-state index in [4.69, 9.17) is 4.74 Å². The lowest BCUT2D eigenvalue weighted by Crippen LogP contribution is -2.07. The first kappa shape index (κ1) is 12.4. The molecule has 1 unspecified atom stereocenters. The molecule has 1 aromatic carbocycles. The Morgan fingerprint density at radius 3 is 2.69 bits per heavy atom. The molecule has 0 heterocycles. The fraction of sp³-hybridized carbons (Fsp3) is 0.385. The molecule has 3 heteroatoms. The smallest absolute Gasteiger partial charge is 0.338 e. The number of benzene rings is 1. The van der Waals surface area contributed by atoms with Crippen LogP contribution in [-0.2, 0) is 9.53 Å². The summed E-state index contributed by atoms with van der Waals surface area (Å²) in [6, 6.07) is 8.88. The number of rotatable bonds is 6. The van der Waals surface area contributed by atoms with Crippen molar-refractivity contribution in [1.82, 2.24) is 0 Å². The van der Waals surface area contributed by atoms with E-state index >= 15 is 0 Å². The molecule has 0 amide bonds. The Morgan fingerprint density at radius 1 is 1.38 bits per heavy atom. The molecule has 16 heavy (non-hydrogen) atoms. The predicted molar refractivity (Wildman–Crippen MR) is 61.2 cm³/mol. The molecule has 1 atom stereocenters. The summed E-state index contributed by atoms with van der Waals surface area (Å²) in [5.41, 5.74) is 0.561. The minimum Gasteiger partial charge on any atom is -0.462 e. The van der Waals surface area contributed by atoms with Gasteiger partial charge in [0.2, 0.25) is 0 Å². The Balaban J connectivity index is 2.24. The van der Waals surface area contributed by atoms with Gasteiger partial charge in [-0.3, -0.25) is 0 Å². The van der Waals surface area contributed by atoms with Gasteiger partial charge in [0.15, 0.2) is 0 Å². The van der Waals surface area contributed by atoms with Crippen LogP contribution < -0.4 is 0 Å². The molecule has 86 valence electrons. The van der Waals surface area contributed by atoms with Crippen LogP contribution >= 0.6 is 0 Å². The lowest BCUT2D eigenvalue weighted by molar-refractivity contribution is -0.110. The molecule has 0 aliphatic rings. The fourth-order valence-corrected chi connectivity index (χ4v) is 1.30. The van der Waals surface area contributed by atoms with Gasteiger partial charge in [0.05, 0.1) is 12.2 Å². The minimum absolute atomic E-state index is 0.0374. The zero-order valence-electron chi connectivity index (χ0n) is 9.39. The molecule has 1 aromatic rings. The Bertz CT molecular complexity index is 332. The number of esters is 1. The maximum atomic E-state index is 11.5. The monoisotopic (exact) mass is 220 g/mol. The molecule has 0 saturated carbocycles. The molecular weight excluding hydrogens is 204 g/mol. The van der Waals surface area contributed by atoms with Crippen LogP contribution in [0.25, 0.3) is 0 Å². The van der Waals surface area contributed by atoms with Crippen LogP contribution in [0.1, 0.15) is 30.1 Å². The van der Waals surface area contributed by atoms with Crippen molar-refractivity contribution in [2.75, 3.05) is 6.61 Å². The Kier molecular flexibility index (Phi) is 5.26. The average molecular weight is 220 g/mol. The van der Waals surface area contributed by atoms with Crippen molar-refractivity contribution in [2.24, 2.45) is 5.92 Å². The van der Waals surface area contributed by atoms with Crippen molar-refractivity contribution in [2.45, 2.75) is 19.8 Å². The fourth-order valence-electron chi connectivity index (χ4n) is 1.30. The van der Waals surface area contributed by atoms with Crippen molar-refractivity contribution in [1.29, 1.82) is 0 Å². The normalized spacial score (nSPS) is 11.8. The highest BCUT2D eigenvalue weighted by atomic mass is 16.5. The van der Waals surface area contributed by atoms with Gasteiger partial charge in [-0.05, 0) is 25.0 Å². The molecule has 0 fully saturated rings. The molecule has 1 rings (SSSR count). The summed E-state index contributed by atoms with van der Waals surface area (Å²) >= 11 is 0. The molecule has 0 aliphatic carbocycles. The van der Waals surface area contributed by atoms with Gasteiger partial charge < -0.3 is 9.53 Å². The Hall–Kier alpha value is -1.64. The van der Waals surface area contributed by atoms with Gasteiger partial charge in [0, 0.05) is 5.92 Å². The van der Waals surface area contributed by atoms with E-state index in [2.05, 4.69) is 0 Å². The molecular formula is C13H16O3. The quantitative estimate of drug-likeness (QED) is 0.420. The van der Waals surface area contributed by atoms with Crippen molar-refractivity contribution in [3.63, 3.8) is 0 Å². The van der Waals surface area contributed by atoms with Crippen LogP contribution in [0.2, 0.25) is 0 Å².